The van der Waals surface area contributed by atoms with E-state index in [9.17, 15) is 0 Å². The Kier molecular flexibility index (Phi) is 4.92. The SMILES string of the molecule is COc1cc2c(cc1CNCCNc1ncccn1)O[C@H](C)C2. The Morgan fingerprint density at radius 3 is 2.87 bits per heavy atom. The van der Waals surface area contributed by atoms with Gasteiger partial charge in [-0.05, 0) is 25.1 Å². The summed E-state index contributed by atoms with van der Waals surface area (Å²) in [6.07, 6.45) is 4.63. The standard InChI is InChI=1S/C17H22N4O2/c1-12-8-13-9-15(22-2)14(10-16(13)23-12)11-18-6-7-21-17-19-4-3-5-20-17/h3-5,9-10,12,18H,6-8,11H2,1-2H3,(H,19,20,21)/t12-/m1/s1. The van der Waals surface area contributed by atoms with Crippen molar-refractivity contribution >= 4 is 5.95 Å². The van der Waals surface area contributed by atoms with E-state index in [1.165, 1.54) is 5.56 Å². The number of ether oxygens (including phenoxy) is 2. The number of nitrogens with one attached hydrogen (secondary N) is 2. The molecule has 2 aromatic rings. The Balaban J connectivity index is 1.51. The third kappa shape index (κ3) is 3.90. The van der Waals surface area contributed by atoms with Crippen LogP contribution in [0.1, 0.15) is 18.1 Å². The molecular formula is C17H22N4O2. The van der Waals surface area contributed by atoms with Crippen LogP contribution in [-0.2, 0) is 13.0 Å². The average Bonchev–Trinajstić information content (AvgIpc) is 2.93. The molecule has 1 aliphatic heterocycles. The van der Waals surface area contributed by atoms with Crippen LogP contribution in [0, 0.1) is 0 Å². The molecule has 0 unspecified atom stereocenters. The summed E-state index contributed by atoms with van der Waals surface area (Å²) >= 11 is 0. The number of fused-ring (bicyclic) bond motifs is 1. The molecule has 0 radical (unpaired) electrons. The monoisotopic (exact) mass is 314 g/mol. The van der Waals surface area contributed by atoms with Crippen LogP contribution >= 0.6 is 0 Å². The van der Waals surface area contributed by atoms with Crippen LogP contribution in [0.5, 0.6) is 11.5 Å². The highest BCUT2D eigenvalue weighted by Crippen LogP contribution is 2.34. The van der Waals surface area contributed by atoms with Crippen LogP contribution in [0.3, 0.4) is 0 Å². The molecule has 122 valence electrons. The number of aromatic nitrogens is 2. The molecule has 3 rings (SSSR count). The van der Waals surface area contributed by atoms with Gasteiger partial charge in [-0.2, -0.15) is 0 Å². The van der Waals surface area contributed by atoms with E-state index in [-0.39, 0.29) is 6.10 Å². The van der Waals surface area contributed by atoms with Crippen LogP contribution < -0.4 is 20.1 Å². The summed E-state index contributed by atoms with van der Waals surface area (Å²) in [7, 11) is 1.71. The third-order valence-corrected chi connectivity index (χ3v) is 3.77. The zero-order chi connectivity index (χ0) is 16.1. The van der Waals surface area contributed by atoms with Crippen LogP contribution in [0.15, 0.2) is 30.6 Å². The van der Waals surface area contributed by atoms with Crippen molar-refractivity contribution < 1.29 is 9.47 Å². The van der Waals surface area contributed by atoms with Gasteiger partial charge in [0.25, 0.3) is 0 Å². The lowest BCUT2D eigenvalue weighted by molar-refractivity contribution is 0.254. The van der Waals surface area contributed by atoms with Crippen molar-refractivity contribution in [2.45, 2.75) is 26.0 Å². The van der Waals surface area contributed by atoms with Crippen LogP contribution in [0.4, 0.5) is 5.95 Å². The maximum atomic E-state index is 5.82. The summed E-state index contributed by atoms with van der Waals surface area (Å²) in [5, 5.41) is 6.56. The van der Waals surface area contributed by atoms with Gasteiger partial charge in [-0.25, -0.2) is 9.97 Å². The van der Waals surface area contributed by atoms with Gasteiger partial charge >= 0.3 is 0 Å². The van der Waals surface area contributed by atoms with E-state index in [1.54, 1.807) is 25.6 Å². The van der Waals surface area contributed by atoms with Crippen molar-refractivity contribution in [2.75, 3.05) is 25.5 Å². The molecule has 0 aliphatic carbocycles. The smallest absolute Gasteiger partial charge is 0.222 e. The summed E-state index contributed by atoms with van der Waals surface area (Å²) in [6.45, 7) is 4.37. The van der Waals surface area contributed by atoms with E-state index in [4.69, 9.17) is 9.47 Å². The molecule has 23 heavy (non-hydrogen) atoms. The van der Waals surface area contributed by atoms with E-state index in [2.05, 4.69) is 39.7 Å². The summed E-state index contributed by atoms with van der Waals surface area (Å²) in [4.78, 5) is 8.24. The number of hydrogen-bond acceptors (Lipinski definition) is 6. The molecule has 0 fully saturated rings. The first kappa shape index (κ1) is 15.6. The van der Waals surface area contributed by atoms with Crippen molar-refractivity contribution in [3.05, 3.63) is 41.7 Å². The highest BCUT2D eigenvalue weighted by molar-refractivity contribution is 5.48. The van der Waals surface area contributed by atoms with Gasteiger partial charge in [0.15, 0.2) is 0 Å². The first-order valence-electron chi connectivity index (χ1n) is 7.84. The van der Waals surface area contributed by atoms with Crippen molar-refractivity contribution in [2.24, 2.45) is 0 Å². The van der Waals surface area contributed by atoms with Gasteiger partial charge in [0.05, 0.1) is 7.11 Å². The van der Waals surface area contributed by atoms with Crippen molar-refractivity contribution in [3.8, 4) is 11.5 Å². The van der Waals surface area contributed by atoms with E-state index < -0.39 is 0 Å². The minimum absolute atomic E-state index is 0.244. The maximum Gasteiger partial charge on any atom is 0.222 e. The fraction of sp³-hybridized carbons (Fsp3) is 0.412. The topological polar surface area (TPSA) is 68.3 Å². The predicted molar refractivity (Wildman–Crippen MR) is 89.0 cm³/mol. The van der Waals surface area contributed by atoms with Gasteiger partial charge in [-0.1, -0.05) is 0 Å². The highest BCUT2D eigenvalue weighted by atomic mass is 16.5. The molecule has 0 saturated heterocycles. The van der Waals surface area contributed by atoms with E-state index >= 15 is 0 Å². The molecule has 6 nitrogen and oxygen atoms in total. The second kappa shape index (κ2) is 7.28. The first-order valence-corrected chi connectivity index (χ1v) is 7.84. The van der Waals surface area contributed by atoms with Crippen LogP contribution in [-0.4, -0.2) is 36.3 Å². The molecule has 0 amide bonds. The molecule has 1 aliphatic rings. The van der Waals surface area contributed by atoms with Crippen LogP contribution in [0.2, 0.25) is 0 Å². The van der Waals surface area contributed by atoms with E-state index in [0.717, 1.165) is 43.1 Å². The molecular weight excluding hydrogens is 292 g/mol. The van der Waals surface area contributed by atoms with Gasteiger partial charge < -0.3 is 20.1 Å². The number of anilines is 1. The van der Waals surface area contributed by atoms with Crippen molar-refractivity contribution in [3.63, 3.8) is 0 Å². The summed E-state index contributed by atoms with van der Waals surface area (Å²) in [5.74, 6) is 2.53. The number of nitrogens with zero attached hydrogens (tertiary/aromatic N) is 2. The maximum absolute atomic E-state index is 5.82. The number of rotatable bonds is 7. The molecule has 1 aromatic carbocycles. The molecule has 2 N–H and O–H groups in total. The first-order chi connectivity index (χ1) is 11.3. The van der Waals surface area contributed by atoms with Gasteiger partial charge in [0, 0.05) is 49.6 Å². The average molecular weight is 314 g/mol. The summed E-state index contributed by atoms with van der Waals surface area (Å²) in [6, 6.07) is 5.97. The van der Waals surface area contributed by atoms with Crippen molar-refractivity contribution in [1.29, 1.82) is 0 Å². The van der Waals surface area contributed by atoms with E-state index in [0.29, 0.717) is 5.95 Å². The minimum atomic E-state index is 0.244. The zero-order valence-corrected chi connectivity index (χ0v) is 13.5. The quantitative estimate of drug-likeness (QED) is 0.762. The molecule has 6 heteroatoms. The minimum Gasteiger partial charge on any atom is -0.496 e. The Labute approximate surface area is 136 Å². The lowest BCUT2D eigenvalue weighted by atomic mass is 10.1. The number of methoxy groups -OCH3 is 1. The molecule has 0 saturated carbocycles. The van der Waals surface area contributed by atoms with Crippen LogP contribution in [0.25, 0.3) is 0 Å². The molecule has 1 atom stereocenters. The Morgan fingerprint density at radius 1 is 1.26 bits per heavy atom. The predicted octanol–water partition coefficient (Wildman–Crippen LogP) is 2.01. The fourth-order valence-electron chi connectivity index (χ4n) is 2.69. The lowest BCUT2D eigenvalue weighted by Gasteiger charge is -2.12. The van der Waals surface area contributed by atoms with Gasteiger partial charge in [-0.15, -0.1) is 0 Å². The van der Waals surface area contributed by atoms with Gasteiger partial charge in [-0.3, -0.25) is 0 Å². The number of benzene rings is 1. The summed E-state index contributed by atoms with van der Waals surface area (Å²) in [5.41, 5.74) is 2.33. The van der Waals surface area contributed by atoms with Gasteiger partial charge in [0.1, 0.15) is 17.6 Å². The molecule has 1 aromatic heterocycles. The second-order valence-corrected chi connectivity index (χ2v) is 5.58. The lowest BCUT2D eigenvalue weighted by Crippen LogP contribution is -2.22. The Morgan fingerprint density at radius 2 is 2.09 bits per heavy atom. The van der Waals surface area contributed by atoms with Crippen molar-refractivity contribution in [1.82, 2.24) is 15.3 Å². The zero-order valence-electron chi connectivity index (χ0n) is 13.5. The second-order valence-electron chi connectivity index (χ2n) is 5.58. The fourth-order valence-corrected chi connectivity index (χ4v) is 2.69. The molecule has 0 bridgehead atoms. The Hall–Kier alpha value is -2.34. The number of hydrogen-bond donors (Lipinski definition) is 2. The van der Waals surface area contributed by atoms with E-state index in [1.807, 2.05) is 0 Å². The summed E-state index contributed by atoms with van der Waals surface area (Å²) < 4.78 is 11.3. The third-order valence-electron chi connectivity index (χ3n) is 3.77. The largest absolute Gasteiger partial charge is 0.496 e. The molecule has 0 spiro atoms. The normalized spacial score (nSPS) is 15.8. The Bertz CT molecular complexity index is 649. The highest BCUT2D eigenvalue weighted by Gasteiger charge is 2.21. The molecule has 2 heterocycles. The van der Waals surface area contributed by atoms with Gasteiger partial charge in [0.2, 0.25) is 5.95 Å².